The third-order valence-corrected chi connectivity index (χ3v) is 3.55. The van der Waals surface area contributed by atoms with E-state index in [2.05, 4.69) is 6.58 Å². The molecule has 1 aromatic carbocycles. The lowest BCUT2D eigenvalue weighted by atomic mass is 10.2. The van der Waals surface area contributed by atoms with Gasteiger partial charge in [-0.05, 0) is 19.1 Å². The zero-order chi connectivity index (χ0) is 17.7. The Hall–Kier alpha value is -2.66. The van der Waals surface area contributed by atoms with Gasteiger partial charge in [0.2, 0.25) is 0 Å². The number of hydrogen-bond donors (Lipinski definition) is 1. The molecule has 0 bridgehead atoms. The van der Waals surface area contributed by atoms with Crippen LogP contribution in [0.5, 0.6) is 5.75 Å². The quantitative estimate of drug-likeness (QED) is 0.840. The van der Waals surface area contributed by atoms with Crippen molar-refractivity contribution in [3.63, 3.8) is 0 Å². The summed E-state index contributed by atoms with van der Waals surface area (Å²) in [6.45, 7) is 5.89. The third kappa shape index (κ3) is 4.00. The van der Waals surface area contributed by atoms with Crippen molar-refractivity contribution in [2.24, 2.45) is 0 Å². The first-order valence-corrected chi connectivity index (χ1v) is 7.57. The number of methoxy groups -OCH3 is 1. The van der Waals surface area contributed by atoms with Crippen LogP contribution in [-0.2, 0) is 16.1 Å². The van der Waals surface area contributed by atoms with E-state index in [1.807, 2.05) is 0 Å². The van der Waals surface area contributed by atoms with Gasteiger partial charge in [0.1, 0.15) is 23.8 Å². The minimum Gasteiger partial charge on any atom is -0.496 e. The fraction of sp³-hybridized carbons (Fsp3) is 0.167. The maximum absolute atomic E-state index is 11.4. The minimum absolute atomic E-state index is 0.0682. The molecule has 0 amide bonds. The molecule has 6 heteroatoms. The van der Waals surface area contributed by atoms with Gasteiger partial charge in [-0.2, -0.15) is 0 Å². The first kappa shape index (κ1) is 17.7. The molecule has 1 heterocycles. The second-order valence-electron chi connectivity index (χ2n) is 4.97. The molecular formula is C18H18ClNO4. The number of carboxylic acid groups (broad SMARTS) is 1. The van der Waals surface area contributed by atoms with Crippen LogP contribution in [0.4, 0.5) is 0 Å². The van der Waals surface area contributed by atoms with Gasteiger partial charge in [0.25, 0.3) is 0 Å². The van der Waals surface area contributed by atoms with Gasteiger partial charge in [-0.1, -0.05) is 30.3 Å². The Morgan fingerprint density at radius 3 is 2.79 bits per heavy atom. The summed E-state index contributed by atoms with van der Waals surface area (Å²) >= 11 is 5.93. The van der Waals surface area contributed by atoms with E-state index < -0.39 is 5.97 Å². The van der Waals surface area contributed by atoms with E-state index in [0.717, 1.165) is 5.56 Å². The average molecular weight is 348 g/mol. The molecular weight excluding hydrogens is 330 g/mol. The molecule has 0 aliphatic carbocycles. The number of allylic oxidation sites excluding steroid dienone is 3. The van der Waals surface area contributed by atoms with Gasteiger partial charge >= 0.3 is 5.97 Å². The van der Waals surface area contributed by atoms with Crippen LogP contribution in [0, 0.1) is 0 Å². The highest BCUT2D eigenvalue weighted by molar-refractivity contribution is 6.30. The molecule has 1 aromatic rings. The van der Waals surface area contributed by atoms with E-state index in [4.69, 9.17) is 21.1 Å². The maximum Gasteiger partial charge on any atom is 0.353 e. The summed E-state index contributed by atoms with van der Waals surface area (Å²) in [6.07, 6.45) is 6.51. The first-order chi connectivity index (χ1) is 11.5. The van der Waals surface area contributed by atoms with Gasteiger partial charge in [-0.25, -0.2) is 4.79 Å². The Labute approximate surface area is 145 Å². The Morgan fingerprint density at radius 1 is 1.42 bits per heavy atom. The number of nitrogens with zero attached hydrogens (tertiary/aromatic N) is 1. The predicted molar refractivity (Wildman–Crippen MR) is 92.4 cm³/mol. The monoisotopic (exact) mass is 347 g/mol. The number of benzene rings is 1. The Morgan fingerprint density at radius 2 is 2.17 bits per heavy atom. The standard InChI is InChI=1S/C18H18ClNO4/c1-4-7-20-12(2)8-15(10-16(20)18(21)22)24-11-13-5-6-14(19)9-17(13)23-3/h4-10H,2,11H2,1,3H3,(H,21,22)/b7-4-. The Balaban J connectivity index is 2.20. The molecule has 0 saturated carbocycles. The van der Waals surface area contributed by atoms with Crippen LogP contribution in [0.3, 0.4) is 0 Å². The lowest BCUT2D eigenvalue weighted by Gasteiger charge is -2.25. The zero-order valence-electron chi connectivity index (χ0n) is 13.5. The Bertz CT molecular complexity index is 749. The summed E-state index contributed by atoms with van der Waals surface area (Å²) in [6, 6.07) is 5.23. The molecule has 24 heavy (non-hydrogen) atoms. The summed E-state index contributed by atoms with van der Waals surface area (Å²) in [5.41, 5.74) is 1.37. The lowest BCUT2D eigenvalue weighted by molar-refractivity contribution is -0.133. The van der Waals surface area contributed by atoms with E-state index >= 15 is 0 Å². The third-order valence-electron chi connectivity index (χ3n) is 3.32. The highest BCUT2D eigenvalue weighted by Gasteiger charge is 2.22. The van der Waals surface area contributed by atoms with Crippen molar-refractivity contribution in [1.29, 1.82) is 0 Å². The number of halogens is 1. The molecule has 1 N–H and O–H groups in total. The second-order valence-corrected chi connectivity index (χ2v) is 5.41. The van der Waals surface area contributed by atoms with Crippen molar-refractivity contribution in [3.05, 3.63) is 76.9 Å². The van der Waals surface area contributed by atoms with E-state index in [-0.39, 0.29) is 12.3 Å². The topological polar surface area (TPSA) is 59.0 Å². The predicted octanol–water partition coefficient (Wildman–Crippen LogP) is 4.08. The van der Waals surface area contributed by atoms with Gasteiger partial charge in [0, 0.05) is 34.6 Å². The van der Waals surface area contributed by atoms with Crippen molar-refractivity contribution in [2.45, 2.75) is 13.5 Å². The summed E-state index contributed by atoms with van der Waals surface area (Å²) in [5, 5.41) is 9.93. The molecule has 1 aliphatic heterocycles. The molecule has 0 saturated heterocycles. The van der Waals surface area contributed by atoms with Gasteiger partial charge in [0.15, 0.2) is 0 Å². The van der Waals surface area contributed by atoms with Crippen LogP contribution in [0.2, 0.25) is 5.02 Å². The molecule has 2 rings (SSSR count). The van der Waals surface area contributed by atoms with Crippen LogP contribution in [0.15, 0.2) is 66.4 Å². The second kappa shape index (κ2) is 7.75. The van der Waals surface area contributed by atoms with Crippen LogP contribution >= 0.6 is 11.6 Å². The highest BCUT2D eigenvalue weighted by atomic mass is 35.5. The highest BCUT2D eigenvalue weighted by Crippen LogP contribution is 2.27. The fourth-order valence-corrected chi connectivity index (χ4v) is 2.37. The van der Waals surface area contributed by atoms with Gasteiger partial charge in [0.05, 0.1) is 7.11 Å². The van der Waals surface area contributed by atoms with Crippen LogP contribution in [0.1, 0.15) is 12.5 Å². The lowest BCUT2D eigenvalue weighted by Crippen LogP contribution is -2.24. The van der Waals surface area contributed by atoms with Crippen LogP contribution < -0.4 is 4.74 Å². The van der Waals surface area contributed by atoms with Gasteiger partial charge in [-0.15, -0.1) is 0 Å². The van der Waals surface area contributed by atoms with E-state index in [9.17, 15) is 9.90 Å². The molecule has 5 nitrogen and oxygen atoms in total. The first-order valence-electron chi connectivity index (χ1n) is 7.19. The van der Waals surface area contributed by atoms with E-state index in [1.165, 1.54) is 11.0 Å². The number of aliphatic carboxylic acids is 1. The summed E-state index contributed by atoms with van der Waals surface area (Å²) in [7, 11) is 1.55. The normalized spacial score (nSPS) is 14.5. The van der Waals surface area contributed by atoms with Crippen LogP contribution in [0.25, 0.3) is 0 Å². The van der Waals surface area contributed by atoms with Crippen molar-refractivity contribution >= 4 is 17.6 Å². The number of carbonyl (C=O) groups is 1. The molecule has 0 atom stereocenters. The van der Waals surface area contributed by atoms with Gasteiger partial charge < -0.3 is 19.5 Å². The molecule has 1 aliphatic rings. The molecule has 0 spiro atoms. The molecule has 0 radical (unpaired) electrons. The number of carboxylic acids is 1. The van der Waals surface area contributed by atoms with Crippen molar-refractivity contribution in [2.75, 3.05) is 7.11 Å². The zero-order valence-corrected chi connectivity index (χ0v) is 14.2. The smallest absolute Gasteiger partial charge is 0.353 e. The van der Waals surface area contributed by atoms with E-state index in [0.29, 0.717) is 22.2 Å². The fourth-order valence-electron chi connectivity index (χ4n) is 2.21. The van der Waals surface area contributed by atoms with Gasteiger partial charge in [-0.3, -0.25) is 0 Å². The number of ether oxygens (including phenoxy) is 2. The number of hydrogen-bond acceptors (Lipinski definition) is 4. The molecule has 126 valence electrons. The maximum atomic E-state index is 11.4. The van der Waals surface area contributed by atoms with Crippen LogP contribution in [-0.4, -0.2) is 23.1 Å². The SMILES string of the molecule is C=C1C=C(OCc2ccc(Cl)cc2OC)C=C(C(=O)O)N1/C=C\C. The molecule has 0 unspecified atom stereocenters. The summed E-state index contributed by atoms with van der Waals surface area (Å²) in [4.78, 5) is 12.9. The Kier molecular flexibility index (Phi) is 5.71. The minimum atomic E-state index is -1.06. The van der Waals surface area contributed by atoms with E-state index in [1.54, 1.807) is 50.6 Å². The van der Waals surface area contributed by atoms with Crippen molar-refractivity contribution in [3.8, 4) is 5.75 Å². The number of rotatable bonds is 6. The molecule has 0 fully saturated rings. The summed E-state index contributed by atoms with van der Waals surface area (Å²) < 4.78 is 11.0. The largest absolute Gasteiger partial charge is 0.496 e. The van der Waals surface area contributed by atoms with Crippen molar-refractivity contribution < 1.29 is 19.4 Å². The molecule has 0 aromatic heterocycles. The van der Waals surface area contributed by atoms with Crippen molar-refractivity contribution in [1.82, 2.24) is 4.90 Å². The average Bonchev–Trinajstić information content (AvgIpc) is 2.55. The summed E-state index contributed by atoms with van der Waals surface area (Å²) in [5.74, 6) is -0.0432.